The van der Waals surface area contributed by atoms with Crippen molar-refractivity contribution in [2.24, 2.45) is 0 Å². The molecule has 0 fully saturated rings. The summed E-state index contributed by atoms with van der Waals surface area (Å²) in [6, 6.07) is 23.0. The summed E-state index contributed by atoms with van der Waals surface area (Å²) in [5.41, 5.74) is 7.36. The van der Waals surface area contributed by atoms with Crippen LogP contribution in [0.5, 0.6) is 5.75 Å². The SMILES string of the molecule is COCOc1ccccc1-c1ccc(-c2ccccc2)c(C)c1C. The molecule has 24 heavy (non-hydrogen) atoms. The van der Waals surface area contributed by atoms with E-state index >= 15 is 0 Å². The van der Waals surface area contributed by atoms with Crippen LogP contribution in [0.2, 0.25) is 0 Å². The minimum atomic E-state index is 0.247. The average Bonchev–Trinajstić information content (AvgIpc) is 2.63. The van der Waals surface area contributed by atoms with Crippen molar-refractivity contribution in [1.82, 2.24) is 0 Å². The van der Waals surface area contributed by atoms with Crippen molar-refractivity contribution in [1.29, 1.82) is 0 Å². The third kappa shape index (κ3) is 3.19. The maximum Gasteiger partial charge on any atom is 0.188 e. The number of ether oxygens (including phenoxy) is 2. The first-order valence-corrected chi connectivity index (χ1v) is 8.09. The molecular weight excluding hydrogens is 296 g/mol. The fraction of sp³-hybridized carbons (Fsp3) is 0.182. The van der Waals surface area contributed by atoms with Gasteiger partial charge in [-0.3, -0.25) is 0 Å². The Morgan fingerprint density at radius 2 is 1.29 bits per heavy atom. The molecule has 0 spiro atoms. The molecular formula is C22H22O2. The minimum Gasteiger partial charge on any atom is -0.467 e. The molecule has 0 atom stereocenters. The molecule has 3 aromatic carbocycles. The third-order valence-corrected chi connectivity index (χ3v) is 4.38. The van der Waals surface area contributed by atoms with Crippen LogP contribution in [0, 0.1) is 13.8 Å². The number of hydrogen-bond acceptors (Lipinski definition) is 2. The molecule has 0 amide bonds. The van der Waals surface area contributed by atoms with E-state index < -0.39 is 0 Å². The van der Waals surface area contributed by atoms with Crippen molar-refractivity contribution in [2.45, 2.75) is 13.8 Å². The highest BCUT2D eigenvalue weighted by molar-refractivity contribution is 5.79. The van der Waals surface area contributed by atoms with Gasteiger partial charge in [0.1, 0.15) is 5.75 Å². The van der Waals surface area contributed by atoms with Crippen molar-refractivity contribution in [3.8, 4) is 28.0 Å². The van der Waals surface area contributed by atoms with Gasteiger partial charge in [-0.25, -0.2) is 0 Å². The molecule has 3 rings (SSSR count). The Labute approximate surface area is 143 Å². The van der Waals surface area contributed by atoms with Gasteiger partial charge < -0.3 is 9.47 Å². The number of rotatable bonds is 5. The highest BCUT2D eigenvalue weighted by Crippen LogP contribution is 2.36. The summed E-state index contributed by atoms with van der Waals surface area (Å²) in [4.78, 5) is 0. The van der Waals surface area contributed by atoms with E-state index in [-0.39, 0.29) is 6.79 Å². The molecule has 0 saturated carbocycles. The van der Waals surface area contributed by atoms with Gasteiger partial charge in [0.15, 0.2) is 6.79 Å². The predicted molar refractivity (Wildman–Crippen MR) is 99.3 cm³/mol. The van der Waals surface area contributed by atoms with Gasteiger partial charge in [-0.15, -0.1) is 0 Å². The molecule has 0 bridgehead atoms. The van der Waals surface area contributed by atoms with Crippen molar-refractivity contribution >= 4 is 0 Å². The van der Waals surface area contributed by atoms with Crippen LogP contribution < -0.4 is 4.74 Å². The largest absolute Gasteiger partial charge is 0.467 e. The van der Waals surface area contributed by atoms with Gasteiger partial charge >= 0.3 is 0 Å². The van der Waals surface area contributed by atoms with Gasteiger partial charge in [0.05, 0.1) is 0 Å². The molecule has 0 heterocycles. The fourth-order valence-electron chi connectivity index (χ4n) is 2.98. The third-order valence-electron chi connectivity index (χ3n) is 4.38. The second-order valence-corrected chi connectivity index (χ2v) is 5.82. The second-order valence-electron chi connectivity index (χ2n) is 5.82. The average molecular weight is 318 g/mol. The van der Waals surface area contributed by atoms with E-state index in [1.165, 1.54) is 27.8 Å². The van der Waals surface area contributed by atoms with Crippen molar-refractivity contribution in [2.75, 3.05) is 13.9 Å². The Hall–Kier alpha value is -2.58. The molecule has 0 N–H and O–H groups in total. The van der Waals surface area contributed by atoms with Crippen LogP contribution in [0.1, 0.15) is 11.1 Å². The summed E-state index contributed by atoms with van der Waals surface area (Å²) >= 11 is 0. The molecule has 0 radical (unpaired) electrons. The maximum absolute atomic E-state index is 5.73. The van der Waals surface area contributed by atoms with E-state index in [0.29, 0.717) is 0 Å². The lowest BCUT2D eigenvalue weighted by Crippen LogP contribution is -2.01. The lowest BCUT2D eigenvalue weighted by atomic mass is 9.90. The van der Waals surface area contributed by atoms with Crippen LogP contribution in [0.3, 0.4) is 0 Å². The van der Waals surface area contributed by atoms with Crippen LogP contribution in [-0.2, 0) is 4.74 Å². The first-order valence-electron chi connectivity index (χ1n) is 8.09. The Kier molecular flexibility index (Phi) is 4.97. The molecule has 0 unspecified atom stereocenters. The van der Waals surface area contributed by atoms with Gasteiger partial charge in [-0.1, -0.05) is 60.7 Å². The normalized spacial score (nSPS) is 10.6. The summed E-state index contributed by atoms with van der Waals surface area (Å²) in [6.07, 6.45) is 0. The smallest absolute Gasteiger partial charge is 0.188 e. The number of para-hydroxylation sites is 1. The molecule has 0 aliphatic carbocycles. The van der Waals surface area contributed by atoms with Crippen molar-refractivity contribution in [3.05, 3.63) is 77.9 Å². The van der Waals surface area contributed by atoms with E-state index in [1.54, 1.807) is 7.11 Å². The minimum absolute atomic E-state index is 0.247. The Morgan fingerprint density at radius 1 is 0.667 bits per heavy atom. The Morgan fingerprint density at radius 3 is 2.04 bits per heavy atom. The van der Waals surface area contributed by atoms with Crippen LogP contribution in [0.25, 0.3) is 22.3 Å². The van der Waals surface area contributed by atoms with Gasteiger partial charge in [0.25, 0.3) is 0 Å². The van der Waals surface area contributed by atoms with Gasteiger partial charge in [-0.2, -0.15) is 0 Å². The summed E-state index contributed by atoms with van der Waals surface area (Å²) in [6.45, 7) is 4.60. The number of methoxy groups -OCH3 is 1. The van der Waals surface area contributed by atoms with Gasteiger partial charge in [0, 0.05) is 12.7 Å². The highest BCUT2D eigenvalue weighted by atomic mass is 16.7. The van der Waals surface area contributed by atoms with Crippen LogP contribution in [0.15, 0.2) is 66.7 Å². The lowest BCUT2D eigenvalue weighted by Gasteiger charge is -2.16. The van der Waals surface area contributed by atoms with Gasteiger partial charge in [0.2, 0.25) is 0 Å². The zero-order valence-corrected chi connectivity index (χ0v) is 14.4. The molecule has 0 saturated heterocycles. The lowest BCUT2D eigenvalue weighted by molar-refractivity contribution is 0.0515. The second kappa shape index (κ2) is 7.33. The molecule has 122 valence electrons. The van der Waals surface area contributed by atoms with Crippen LogP contribution >= 0.6 is 0 Å². The molecule has 3 aromatic rings. The quantitative estimate of drug-likeness (QED) is 0.568. The number of benzene rings is 3. The van der Waals surface area contributed by atoms with Crippen LogP contribution in [0.4, 0.5) is 0 Å². The summed E-state index contributed by atoms with van der Waals surface area (Å²) in [5, 5.41) is 0. The Bertz CT molecular complexity index is 823. The zero-order valence-electron chi connectivity index (χ0n) is 14.4. The summed E-state index contributed by atoms with van der Waals surface area (Å²) < 4.78 is 10.8. The molecule has 2 nitrogen and oxygen atoms in total. The van der Waals surface area contributed by atoms with Crippen molar-refractivity contribution < 1.29 is 9.47 Å². The first kappa shape index (κ1) is 16.3. The van der Waals surface area contributed by atoms with E-state index in [9.17, 15) is 0 Å². The summed E-state index contributed by atoms with van der Waals surface area (Å²) in [5.74, 6) is 0.842. The molecule has 2 heteroatoms. The van der Waals surface area contributed by atoms with Crippen molar-refractivity contribution in [3.63, 3.8) is 0 Å². The fourth-order valence-corrected chi connectivity index (χ4v) is 2.98. The summed E-state index contributed by atoms with van der Waals surface area (Å²) in [7, 11) is 1.63. The predicted octanol–water partition coefficient (Wildman–Crippen LogP) is 5.62. The zero-order chi connectivity index (χ0) is 16.9. The van der Waals surface area contributed by atoms with E-state index in [2.05, 4.69) is 56.3 Å². The first-order chi connectivity index (χ1) is 11.7. The Balaban J connectivity index is 2.07. The molecule has 0 aliphatic rings. The van der Waals surface area contributed by atoms with E-state index in [1.807, 2.05) is 24.3 Å². The molecule has 0 aromatic heterocycles. The molecule has 0 aliphatic heterocycles. The van der Waals surface area contributed by atoms with E-state index in [0.717, 1.165) is 11.3 Å². The standard InChI is InChI=1S/C22H22O2/c1-16-17(2)20(14-13-19(16)18-9-5-4-6-10-18)21-11-7-8-12-22(21)24-15-23-3/h4-14H,15H2,1-3H3. The highest BCUT2D eigenvalue weighted by Gasteiger charge is 2.12. The van der Waals surface area contributed by atoms with E-state index in [4.69, 9.17) is 9.47 Å². The van der Waals surface area contributed by atoms with Gasteiger partial charge in [-0.05, 0) is 47.7 Å². The van der Waals surface area contributed by atoms with Crippen LogP contribution in [-0.4, -0.2) is 13.9 Å². The maximum atomic E-state index is 5.73. The number of hydrogen-bond donors (Lipinski definition) is 0. The monoisotopic (exact) mass is 318 g/mol. The topological polar surface area (TPSA) is 18.5 Å².